The van der Waals surface area contributed by atoms with Crippen LogP contribution in [-0.4, -0.2) is 48.2 Å². The van der Waals surface area contributed by atoms with Crippen molar-refractivity contribution in [3.05, 3.63) is 77.0 Å². The number of nitrogens with zero attached hydrogens (tertiary/aromatic N) is 3. The molecule has 1 atom stereocenters. The predicted octanol–water partition coefficient (Wildman–Crippen LogP) is 7.24. The van der Waals surface area contributed by atoms with E-state index in [1.165, 1.54) is 38.1 Å². The summed E-state index contributed by atoms with van der Waals surface area (Å²) >= 11 is 0. The standard InChI is InChI=1S/C30H29F8N3O2/c1-17-7-5-6-8-22(17)23-12-25(41-16-28(31,32)13-21(41)15-42)39-14-24(23)40(4)26(43)27(2,3)18-9-19(29(33,34)35)11-20(10-18)30(36,37)38/h5-12,14,21,42H,13,15-16H2,1-4H3/t21-/m0/s1. The van der Waals surface area contributed by atoms with Crippen molar-refractivity contribution < 1.29 is 45.0 Å². The molecule has 1 aliphatic rings. The number of aryl methyl sites for hydroxylation is 1. The molecule has 1 amide bonds. The van der Waals surface area contributed by atoms with Crippen molar-refractivity contribution in [2.24, 2.45) is 0 Å². The van der Waals surface area contributed by atoms with E-state index in [0.717, 1.165) is 10.5 Å². The number of aliphatic hydroxyl groups excluding tert-OH is 1. The van der Waals surface area contributed by atoms with Gasteiger partial charge in [-0.25, -0.2) is 13.8 Å². The van der Waals surface area contributed by atoms with E-state index in [1.807, 2.05) is 0 Å². The molecule has 232 valence electrons. The van der Waals surface area contributed by atoms with Gasteiger partial charge in [-0.3, -0.25) is 4.79 Å². The second-order valence-electron chi connectivity index (χ2n) is 11.2. The van der Waals surface area contributed by atoms with Gasteiger partial charge in [-0.2, -0.15) is 26.3 Å². The van der Waals surface area contributed by atoms with Crippen LogP contribution in [0.2, 0.25) is 0 Å². The van der Waals surface area contributed by atoms with Crippen LogP contribution in [-0.2, 0) is 22.6 Å². The Morgan fingerprint density at radius 2 is 1.53 bits per heavy atom. The quantitative estimate of drug-likeness (QED) is 0.297. The van der Waals surface area contributed by atoms with Crippen molar-refractivity contribution in [3.63, 3.8) is 0 Å². The molecule has 0 saturated carbocycles. The van der Waals surface area contributed by atoms with Crippen LogP contribution in [0.15, 0.2) is 54.7 Å². The van der Waals surface area contributed by atoms with E-state index in [9.17, 15) is 45.0 Å². The number of aromatic nitrogens is 1. The molecular formula is C30H29F8N3O2. The number of amides is 1. The second-order valence-corrected chi connectivity index (χ2v) is 11.2. The van der Waals surface area contributed by atoms with E-state index in [1.54, 1.807) is 31.2 Å². The zero-order chi connectivity index (χ0) is 32.1. The number of carbonyl (C=O) groups is 1. The average molecular weight is 616 g/mol. The molecule has 43 heavy (non-hydrogen) atoms. The first-order valence-electron chi connectivity index (χ1n) is 13.2. The van der Waals surface area contributed by atoms with E-state index in [2.05, 4.69) is 4.98 Å². The molecule has 13 heteroatoms. The van der Waals surface area contributed by atoms with Crippen LogP contribution >= 0.6 is 0 Å². The highest BCUT2D eigenvalue weighted by Crippen LogP contribution is 2.42. The Hall–Kier alpha value is -3.74. The zero-order valence-electron chi connectivity index (χ0n) is 23.6. The maximum Gasteiger partial charge on any atom is 0.416 e. The Labute approximate surface area is 242 Å². The molecule has 0 unspecified atom stereocenters. The highest BCUT2D eigenvalue weighted by atomic mass is 19.4. The van der Waals surface area contributed by atoms with Crippen molar-refractivity contribution in [2.45, 2.75) is 56.9 Å². The van der Waals surface area contributed by atoms with E-state index >= 15 is 0 Å². The molecule has 4 rings (SSSR count). The Bertz CT molecular complexity index is 1490. The number of halogens is 8. The van der Waals surface area contributed by atoms with Crippen molar-refractivity contribution in [2.75, 3.05) is 30.0 Å². The number of anilines is 2. The fourth-order valence-electron chi connectivity index (χ4n) is 5.25. The third-order valence-electron chi connectivity index (χ3n) is 7.70. The van der Waals surface area contributed by atoms with E-state index < -0.39 is 71.9 Å². The van der Waals surface area contributed by atoms with Crippen molar-refractivity contribution in [1.82, 2.24) is 4.98 Å². The van der Waals surface area contributed by atoms with Gasteiger partial charge in [0, 0.05) is 19.0 Å². The maximum atomic E-state index is 14.2. The monoisotopic (exact) mass is 615 g/mol. The zero-order valence-corrected chi connectivity index (χ0v) is 23.6. The fraction of sp³-hybridized carbons (Fsp3) is 0.400. The topological polar surface area (TPSA) is 56.7 Å². The molecule has 2 heterocycles. The number of aliphatic hydroxyl groups is 1. The largest absolute Gasteiger partial charge is 0.416 e. The van der Waals surface area contributed by atoms with Gasteiger partial charge in [0.05, 0.1) is 47.6 Å². The summed E-state index contributed by atoms with van der Waals surface area (Å²) in [7, 11) is 1.31. The van der Waals surface area contributed by atoms with Gasteiger partial charge in [-0.15, -0.1) is 0 Å². The van der Waals surface area contributed by atoms with Crippen molar-refractivity contribution in [1.29, 1.82) is 0 Å². The van der Waals surface area contributed by atoms with Crippen LogP contribution in [0.5, 0.6) is 0 Å². The highest BCUT2D eigenvalue weighted by Gasteiger charge is 2.46. The second kappa shape index (κ2) is 11.1. The van der Waals surface area contributed by atoms with E-state index in [0.29, 0.717) is 23.3 Å². The van der Waals surface area contributed by atoms with E-state index in [-0.39, 0.29) is 17.6 Å². The van der Waals surface area contributed by atoms with Gasteiger partial charge < -0.3 is 14.9 Å². The number of rotatable bonds is 6. The van der Waals surface area contributed by atoms with Crippen LogP contribution in [0.3, 0.4) is 0 Å². The van der Waals surface area contributed by atoms with Gasteiger partial charge in [-0.05, 0) is 61.7 Å². The highest BCUT2D eigenvalue weighted by molar-refractivity contribution is 6.03. The number of carbonyl (C=O) groups excluding carboxylic acids is 1. The number of hydrogen-bond donors (Lipinski definition) is 1. The molecule has 0 radical (unpaired) electrons. The minimum Gasteiger partial charge on any atom is -0.394 e. The molecule has 1 aliphatic heterocycles. The Balaban J connectivity index is 1.83. The van der Waals surface area contributed by atoms with Gasteiger partial charge in [0.2, 0.25) is 5.91 Å². The molecule has 0 bridgehead atoms. The molecule has 0 aliphatic carbocycles. The number of hydrogen-bond acceptors (Lipinski definition) is 4. The molecule has 1 saturated heterocycles. The lowest BCUT2D eigenvalue weighted by Gasteiger charge is -2.32. The number of benzene rings is 2. The Morgan fingerprint density at radius 1 is 0.977 bits per heavy atom. The summed E-state index contributed by atoms with van der Waals surface area (Å²) in [6, 6.07) is 8.55. The minimum atomic E-state index is -5.10. The summed E-state index contributed by atoms with van der Waals surface area (Å²) in [5, 5.41) is 9.72. The van der Waals surface area contributed by atoms with Crippen molar-refractivity contribution >= 4 is 17.4 Å². The summed E-state index contributed by atoms with van der Waals surface area (Å²) in [5.74, 6) is -3.82. The average Bonchev–Trinajstić information content (AvgIpc) is 3.25. The van der Waals surface area contributed by atoms with Crippen LogP contribution < -0.4 is 9.80 Å². The molecule has 5 nitrogen and oxygen atoms in total. The van der Waals surface area contributed by atoms with Gasteiger partial charge in [-0.1, -0.05) is 24.3 Å². The molecule has 1 fully saturated rings. The van der Waals surface area contributed by atoms with E-state index in [4.69, 9.17) is 0 Å². The smallest absolute Gasteiger partial charge is 0.394 e. The lowest BCUT2D eigenvalue weighted by atomic mass is 9.81. The maximum absolute atomic E-state index is 14.2. The van der Waals surface area contributed by atoms with Crippen LogP contribution in [0.1, 0.15) is 42.5 Å². The lowest BCUT2D eigenvalue weighted by Crippen LogP contribution is -2.42. The summed E-state index contributed by atoms with van der Waals surface area (Å²) in [5.41, 5.74) is -3.65. The summed E-state index contributed by atoms with van der Waals surface area (Å²) in [6.45, 7) is 2.95. The minimum absolute atomic E-state index is 0.00573. The third kappa shape index (κ3) is 6.46. The molecule has 2 aromatic carbocycles. The lowest BCUT2D eigenvalue weighted by molar-refractivity contribution is -0.143. The van der Waals surface area contributed by atoms with Crippen LogP contribution in [0, 0.1) is 6.92 Å². The molecule has 0 spiro atoms. The van der Waals surface area contributed by atoms with Crippen molar-refractivity contribution in [3.8, 4) is 11.1 Å². The summed E-state index contributed by atoms with van der Waals surface area (Å²) in [4.78, 5) is 20.5. The Kier molecular flexibility index (Phi) is 8.29. The third-order valence-corrected chi connectivity index (χ3v) is 7.70. The molecule has 1 N–H and O–H groups in total. The van der Waals surface area contributed by atoms with Crippen LogP contribution in [0.25, 0.3) is 11.1 Å². The van der Waals surface area contributed by atoms with Gasteiger partial charge in [0.25, 0.3) is 5.92 Å². The fourth-order valence-corrected chi connectivity index (χ4v) is 5.25. The molecular weight excluding hydrogens is 586 g/mol. The van der Waals surface area contributed by atoms with Gasteiger partial charge in [0.15, 0.2) is 0 Å². The number of alkyl halides is 8. The van der Waals surface area contributed by atoms with Gasteiger partial charge in [0.1, 0.15) is 5.82 Å². The predicted molar refractivity (Wildman–Crippen MR) is 145 cm³/mol. The number of likely N-dealkylation sites (N-methyl/N-ethyl adjacent to an activating group) is 1. The SMILES string of the molecule is Cc1ccccc1-c1cc(N2CC(F)(F)C[C@H]2CO)ncc1N(C)C(=O)C(C)(C)c1cc(C(F)(F)F)cc(C(F)(F)F)c1. The summed E-state index contributed by atoms with van der Waals surface area (Å²) < 4.78 is 110. The molecule has 3 aromatic rings. The first kappa shape index (κ1) is 32.2. The first-order chi connectivity index (χ1) is 19.8. The van der Waals surface area contributed by atoms with Gasteiger partial charge >= 0.3 is 12.4 Å². The number of pyridine rings is 1. The summed E-state index contributed by atoms with van der Waals surface area (Å²) in [6.07, 6.45) is -9.55. The Morgan fingerprint density at radius 3 is 2.07 bits per heavy atom. The first-order valence-corrected chi connectivity index (χ1v) is 13.2. The van der Waals surface area contributed by atoms with Crippen LogP contribution in [0.4, 0.5) is 46.6 Å². The normalized spacial score (nSPS) is 17.3. The molecule has 1 aromatic heterocycles.